The molecule has 0 saturated carbocycles. The molecule has 5 heteroatoms. The maximum Gasteiger partial charge on any atom is 0.161 e. The van der Waals surface area contributed by atoms with Crippen LogP contribution in [0.15, 0.2) is 173 Å². The first-order valence-electron chi connectivity index (χ1n) is 18.1. The Morgan fingerprint density at radius 3 is 2.00 bits per heavy atom. The lowest BCUT2D eigenvalue weighted by molar-refractivity contribution is 1.01. The summed E-state index contributed by atoms with van der Waals surface area (Å²) in [4.78, 5) is 18.1. The van der Waals surface area contributed by atoms with Crippen LogP contribution in [0.1, 0.15) is 38.9 Å². The summed E-state index contributed by atoms with van der Waals surface area (Å²) in [6.07, 6.45) is 1.82. The number of aromatic nitrogens is 2. The summed E-state index contributed by atoms with van der Waals surface area (Å²) in [6, 6.07) is 55.8. The van der Waals surface area contributed by atoms with Gasteiger partial charge in [-0.05, 0) is 95.9 Å². The molecule has 53 heavy (non-hydrogen) atoms. The fourth-order valence-corrected chi connectivity index (χ4v) is 8.04. The number of nitrogens with zero attached hydrogens (tertiary/aromatic N) is 4. The van der Waals surface area contributed by atoms with E-state index < -0.39 is 0 Å². The van der Waals surface area contributed by atoms with Gasteiger partial charge in [0.2, 0.25) is 0 Å². The highest BCUT2D eigenvalue weighted by molar-refractivity contribution is 6.14. The standard InChI is InChI=1S/C48H35N5/c1-49-47(32-15-6-3-7-16-32)52-48(50-30-31-13-4-2-5-14-31)33-17-12-18-38(25-33)53-45-22-11-9-20-40(45)42-27-35-23-36-28-44-41(39-19-8-10-21-43(39)51-44)26-34(36)24-37(35)29-46(42)53/h2-22,25-29,51H,1,23-24,30H2/b50-48-,52-47-. The normalized spacial score (nSPS) is 13.1. The summed E-state index contributed by atoms with van der Waals surface area (Å²) in [5.41, 5.74) is 14.3. The molecule has 0 radical (unpaired) electrons. The van der Waals surface area contributed by atoms with Crippen molar-refractivity contribution in [1.82, 2.24) is 9.55 Å². The van der Waals surface area contributed by atoms with Gasteiger partial charge in [0, 0.05) is 49.4 Å². The van der Waals surface area contributed by atoms with E-state index in [0.717, 1.165) is 35.2 Å². The Hall–Kier alpha value is -6.85. The maximum atomic E-state index is 5.07. The highest BCUT2D eigenvalue weighted by Gasteiger charge is 2.22. The van der Waals surface area contributed by atoms with E-state index in [1.54, 1.807) is 0 Å². The molecule has 5 nitrogen and oxygen atoms in total. The Morgan fingerprint density at radius 2 is 1.19 bits per heavy atom. The molecule has 252 valence electrons. The predicted molar refractivity (Wildman–Crippen MR) is 221 cm³/mol. The van der Waals surface area contributed by atoms with E-state index in [1.807, 2.05) is 48.5 Å². The number of hydrogen-bond donors (Lipinski definition) is 1. The van der Waals surface area contributed by atoms with Gasteiger partial charge < -0.3 is 9.55 Å². The average Bonchev–Trinajstić information content (AvgIpc) is 3.73. The molecular weight excluding hydrogens is 647 g/mol. The van der Waals surface area contributed by atoms with Crippen LogP contribution in [0.3, 0.4) is 0 Å². The SMILES string of the molecule is C=N/C(=N\C(=N/Cc1ccccc1)c1cccc(-n2c3ccccc3c3cc4c(cc32)Cc2cc3c(cc2C4)[nH]c2ccccc23)c1)c1ccccc1. The molecule has 0 spiro atoms. The number of amidine groups is 2. The van der Waals surface area contributed by atoms with E-state index in [2.05, 4.69) is 130 Å². The summed E-state index contributed by atoms with van der Waals surface area (Å²) in [6.45, 7) is 4.36. The Labute approximate surface area is 307 Å². The largest absolute Gasteiger partial charge is 0.355 e. The van der Waals surface area contributed by atoms with Crippen LogP contribution in [0.25, 0.3) is 49.3 Å². The summed E-state index contributed by atoms with van der Waals surface area (Å²) >= 11 is 0. The molecule has 0 atom stereocenters. The van der Waals surface area contributed by atoms with Crippen molar-refractivity contribution < 1.29 is 0 Å². The van der Waals surface area contributed by atoms with Crippen molar-refractivity contribution in [2.24, 2.45) is 15.0 Å². The van der Waals surface area contributed by atoms with Crippen LogP contribution in [0, 0.1) is 0 Å². The molecule has 0 amide bonds. The van der Waals surface area contributed by atoms with Crippen molar-refractivity contribution in [2.45, 2.75) is 19.4 Å². The lowest BCUT2D eigenvalue weighted by atomic mass is 9.84. The second-order valence-corrected chi connectivity index (χ2v) is 13.8. The van der Waals surface area contributed by atoms with Gasteiger partial charge in [-0.15, -0.1) is 0 Å². The predicted octanol–water partition coefficient (Wildman–Crippen LogP) is 11.0. The summed E-state index contributed by atoms with van der Waals surface area (Å²) in [5.74, 6) is 1.15. The minimum absolute atomic E-state index is 0.497. The van der Waals surface area contributed by atoms with Gasteiger partial charge in [-0.3, -0.25) is 4.99 Å². The third-order valence-corrected chi connectivity index (χ3v) is 10.6. The number of H-pyrrole nitrogens is 1. The zero-order chi connectivity index (χ0) is 35.3. The number of nitrogens with one attached hydrogen (secondary N) is 1. The molecule has 0 unspecified atom stereocenters. The van der Waals surface area contributed by atoms with Crippen molar-refractivity contribution >= 4 is 62.0 Å². The van der Waals surface area contributed by atoms with Gasteiger partial charge in [0.1, 0.15) is 0 Å². The van der Waals surface area contributed by atoms with Crippen LogP contribution in [0.5, 0.6) is 0 Å². The van der Waals surface area contributed by atoms with Gasteiger partial charge >= 0.3 is 0 Å². The van der Waals surface area contributed by atoms with E-state index in [9.17, 15) is 0 Å². The smallest absolute Gasteiger partial charge is 0.161 e. The Morgan fingerprint density at radius 1 is 0.528 bits per heavy atom. The second kappa shape index (κ2) is 12.7. The molecule has 2 heterocycles. The third-order valence-electron chi connectivity index (χ3n) is 10.6. The molecule has 0 bridgehead atoms. The lowest BCUT2D eigenvalue weighted by Crippen LogP contribution is -2.08. The van der Waals surface area contributed by atoms with Gasteiger partial charge in [0.05, 0.1) is 17.6 Å². The number of rotatable bonds is 5. The van der Waals surface area contributed by atoms with Crippen molar-refractivity contribution in [2.75, 3.05) is 0 Å². The van der Waals surface area contributed by atoms with Gasteiger partial charge in [-0.2, -0.15) is 0 Å². The van der Waals surface area contributed by atoms with E-state index in [1.165, 1.54) is 65.9 Å². The molecule has 0 saturated heterocycles. The summed E-state index contributed by atoms with van der Waals surface area (Å²) in [7, 11) is 0. The topological polar surface area (TPSA) is 57.8 Å². The molecule has 1 aliphatic carbocycles. The van der Waals surface area contributed by atoms with Gasteiger partial charge in [0.25, 0.3) is 0 Å². The van der Waals surface area contributed by atoms with E-state index in [4.69, 9.17) is 9.98 Å². The first kappa shape index (κ1) is 30.9. The monoisotopic (exact) mass is 681 g/mol. The zero-order valence-corrected chi connectivity index (χ0v) is 29.1. The van der Waals surface area contributed by atoms with Gasteiger partial charge in [0.15, 0.2) is 11.7 Å². The van der Waals surface area contributed by atoms with Gasteiger partial charge in [-0.25, -0.2) is 9.98 Å². The first-order chi connectivity index (χ1) is 26.2. The number of aromatic amines is 1. The van der Waals surface area contributed by atoms with Crippen LogP contribution in [0.4, 0.5) is 0 Å². The Bertz CT molecular complexity index is 2930. The van der Waals surface area contributed by atoms with Crippen LogP contribution >= 0.6 is 0 Å². The number of aliphatic imine (C=N–C) groups is 3. The Kier molecular flexibility index (Phi) is 7.43. The molecule has 10 rings (SSSR count). The van der Waals surface area contributed by atoms with Gasteiger partial charge in [-0.1, -0.05) is 109 Å². The lowest BCUT2D eigenvalue weighted by Gasteiger charge is -2.21. The van der Waals surface area contributed by atoms with E-state index >= 15 is 0 Å². The van der Waals surface area contributed by atoms with E-state index in [-0.39, 0.29) is 0 Å². The van der Waals surface area contributed by atoms with Crippen molar-refractivity contribution in [3.05, 3.63) is 197 Å². The maximum absolute atomic E-state index is 5.07. The molecule has 0 aliphatic heterocycles. The molecule has 1 N–H and O–H groups in total. The number of para-hydroxylation sites is 2. The zero-order valence-electron chi connectivity index (χ0n) is 29.1. The fourth-order valence-electron chi connectivity index (χ4n) is 8.04. The number of fused-ring (bicyclic) bond motifs is 8. The van der Waals surface area contributed by atoms with Crippen molar-refractivity contribution in [3.8, 4) is 5.69 Å². The minimum Gasteiger partial charge on any atom is -0.355 e. The van der Waals surface area contributed by atoms with Crippen LogP contribution in [-0.4, -0.2) is 27.9 Å². The number of hydrogen-bond acceptors (Lipinski definition) is 1. The third kappa shape index (κ3) is 5.45. The molecule has 1 aliphatic rings. The minimum atomic E-state index is 0.497. The van der Waals surface area contributed by atoms with Crippen molar-refractivity contribution in [3.63, 3.8) is 0 Å². The summed E-state index contributed by atoms with van der Waals surface area (Å²) in [5, 5.41) is 5.08. The first-order valence-corrected chi connectivity index (χ1v) is 18.1. The number of benzene rings is 7. The molecular formula is C48H35N5. The molecule has 0 fully saturated rings. The summed E-state index contributed by atoms with van der Waals surface area (Å²) < 4.78 is 2.40. The quantitative estimate of drug-likeness (QED) is 0.139. The fraction of sp³-hybridized carbons (Fsp3) is 0.0625. The molecule has 2 aromatic heterocycles. The van der Waals surface area contributed by atoms with Crippen LogP contribution in [-0.2, 0) is 19.4 Å². The Balaban J connectivity index is 1.11. The molecule has 9 aromatic rings. The molecule has 7 aromatic carbocycles. The highest BCUT2D eigenvalue weighted by Crippen LogP contribution is 2.39. The second-order valence-electron chi connectivity index (χ2n) is 13.8. The highest BCUT2D eigenvalue weighted by atomic mass is 15.0. The van der Waals surface area contributed by atoms with Crippen LogP contribution < -0.4 is 0 Å². The van der Waals surface area contributed by atoms with E-state index in [0.29, 0.717) is 18.2 Å². The average molecular weight is 682 g/mol. The van der Waals surface area contributed by atoms with Crippen molar-refractivity contribution in [1.29, 1.82) is 0 Å². The van der Waals surface area contributed by atoms with Crippen LogP contribution in [0.2, 0.25) is 0 Å².